The number of carbonyl (C=O) groups excluding carboxylic acids is 1. The van der Waals surface area contributed by atoms with E-state index in [1.165, 1.54) is 11.0 Å². The van der Waals surface area contributed by atoms with Gasteiger partial charge in [0.15, 0.2) is 0 Å². The molecule has 1 aromatic heterocycles. The summed E-state index contributed by atoms with van der Waals surface area (Å²) in [5.41, 5.74) is 1.23. The minimum absolute atomic E-state index is 0.116. The highest BCUT2D eigenvalue weighted by Gasteiger charge is 2.12. The van der Waals surface area contributed by atoms with Gasteiger partial charge in [-0.1, -0.05) is 26.0 Å². The van der Waals surface area contributed by atoms with Gasteiger partial charge in [-0.05, 0) is 28.5 Å². The lowest BCUT2D eigenvalue weighted by Crippen LogP contribution is -2.28. The molecule has 0 aliphatic rings. The van der Waals surface area contributed by atoms with Crippen LogP contribution in [0.4, 0.5) is 0 Å². The number of hydrogen-bond donors (Lipinski definition) is 1. The van der Waals surface area contributed by atoms with Gasteiger partial charge < -0.3 is 5.32 Å². The van der Waals surface area contributed by atoms with Gasteiger partial charge in [-0.3, -0.25) is 4.79 Å². The summed E-state index contributed by atoms with van der Waals surface area (Å²) in [6.45, 7) is 4.74. The standard InChI is InChI=1S/C12H15N5O/c1-9(2)7-13-12(18)10-5-3-4-6-11(10)17-8-14-15-16-17/h3-6,8-9H,7H2,1-2H3,(H,13,18). The number of amides is 1. The second-order valence-corrected chi connectivity index (χ2v) is 4.38. The molecule has 6 nitrogen and oxygen atoms in total. The normalized spacial score (nSPS) is 10.6. The monoisotopic (exact) mass is 245 g/mol. The van der Waals surface area contributed by atoms with E-state index in [4.69, 9.17) is 0 Å². The molecule has 1 N–H and O–H groups in total. The zero-order chi connectivity index (χ0) is 13.0. The zero-order valence-corrected chi connectivity index (χ0v) is 10.4. The molecule has 1 amide bonds. The lowest BCUT2D eigenvalue weighted by molar-refractivity contribution is 0.0949. The number of carbonyl (C=O) groups is 1. The van der Waals surface area contributed by atoms with E-state index < -0.39 is 0 Å². The summed E-state index contributed by atoms with van der Waals surface area (Å²) in [4.78, 5) is 12.1. The second-order valence-electron chi connectivity index (χ2n) is 4.38. The van der Waals surface area contributed by atoms with Crippen LogP contribution in [0.1, 0.15) is 24.2 Å². The number of tetrazole rings is 1. The minimum atomic E-state index is -0.116. The fourth-order valence-corrected chi connectivity index (χ4v) is 1.53. The highest BCUT2D eigenvalue weighted by atomic mass is 16.1. The van der Waals surface area contributed by atoms with Crippen LogP contribution in [0.3, 0.4) is 0 Å². The zero-order valence-electron chi connectivity index (χ0n) is 10.4. The van der Waals surface area contributed by atoms with Crippen LogP contribution in [0.5, 0.6) is 0 Å². The highest BCUT2D eigenvalue weighted by molar-refractivity contribution is 5.97. The Balaban J connectivity index is 2.25. The molecule has 6 heteroatoms. The van der Waals surface area contributed by atoms with Gasteiger partial charge >= 0.3 is 0 Å². The molecule has 0 aliphatic heterocycles. The van der Waals surface area contributed by atoms with Crippen LogP contribution in [0.15, 0.2) is 30.6 Å². The van der Waals surface area contributed by atoms with Crippen LogP contribution >= 0.6 is 0 Å². The first kappa shape index (κ1) is 12.2. The molecule has 0 radical (unpaired) electrons. The summed E-state index contributed by atoms with van der Waals surface area (Å²) in [5, 5.41) is 13.8. The smallest absolute Gasteiger partial charge is 0.253 e. The molecular formula is C12H15N5O. The van der Waals surface area contributed by atoms with Crippen LogP contribution in [0.25, 0.3) is 5.69 Å². The maximum Gasteiger partial charge on any atom is 0.253 e. The van der Waals surface area contributed by atoms with Gasteiger partial charge in [0.2, 0.25) is 0 Å². The van der Waals surface area contributed by atoms with E-state index >= 15 is 0 Å². The Kier molecular flexibility index (Phi) is 3.66. The van der Waals surface area contributed by atoms with Gasteiger partial charge in [0.25, 0.3) is 5.91 Å². The van der Waals surface area contributed by atoms with Gasteiger partial charge in [-0.15, -0.1) is 5.10 Å². The molecule has 0 atom stereocenters. The summed E-state index contributed by atoms with van der Waals surface area (Å²) in [6.07, 6.45) is 1.47. The SMILES string of the molecule is CC(C)CNC(=O)c1ccccc1-n1cnnn1. The number of nitrogens with zero attached hydrogens (tertiary/aromatic N) is 4. The lowest BCUT2D eigenvalue weighted by atomic mass is 10.1. The van der Waals surface area contributed by atoms with Gasteiger partial charge in [0, 0.05) is 6.54 Å². The first-order valence-electron chi connectivity index (χ1n) is 5.79. The van der Waals surface area contributed by atoms with Gasteiger partial charge in [-0.25, -0.2) is 0 Å². The molecule has 2 aromatic rings. The molecule has 1 aromatic carbocycles. The van der Waals surface area contributed by atoms with Crippen molar-refractivity contribution >= 4 is 5.91 Å². The molecule has 94 valence electrons. The summed E-state index contributed by atoms with van der Waals surface area (Å²) < 4.78 is 1.48. The fourth-order valence-electron chi connectivity index (χ4n) is 1.53. The molecule has 0 unspecified atom stereocenters. The molecule has 0 spiro atoms. The van der Waals surface area contributed by atoms with Gasteiger partial charge in [-0.2, -0.15) is 4.68 Å². The van der Waals surface area contributed by atoms with Crippen molar-refractivity contribution in [1.82, 2.24) is 25.5 Å². The van der Waals surface area contributed by atoms with Crippen molar-refractivity contribution < 1.29 is 4.79 Å². The Labute approximate surface area is 105 Å². The maximum absolute atomic E-state index is 12.1. The highest BCUT2D eigenvalue weighted by Crippen LogP contribution is 2.12. The molecule has 2 rings (SSSR count). The number of para-hydroxylation sites is 1. The van der Waals surface area contributed by atoms with Crippen molar-refractivity contribution in [2.75, 3.05) is 6.54 Å². The van der Waals surface area contributed by atoms with Crippen molar-refractivity contribution in [3.8, 4) is 5.69 Å². The third kappa shape index (κ3) is 2.71. The number of hydrogen-bond acceptors (Lipinski definition) is 4. The van der Waals surface area contributed by atoms with Crippen molar-refractivity contribution in [2.45, 2.75) is 13.8 Å². The Morgan fingerprint density at radius 1 is 1.39 bits per heavy atom. The number of rotatable bonds is 4. The van der Waals surface area contributed by atoms with E-state index in [1.807, 2.05) is 26.0 Å². The summed E-state index contributed by atoms with van der Waals surface area (Å²) in [6, 6.07) is 7.22. The number of aromatic nitrogens is 4. The Hall–Kier alpha value is -2.24. The predicted molar refractivity (Wildman–Crippen MR) is 66.3 cm³/mol. The van der Waals surface area contributed by atoms with E-state index in [9.17, 15) is 4.79 Å². The summed E-state index contributed by atoms with van der Waals surface area (Å²) >= 11 is 0. The van der Waals surface area contributed by atoms with Crippen molar-refractivity contribution in [2.24, 2.45) is 5.92 Å². The van der Waals surface area contributed by atoms with E-state index in [2.05, 4.69) is 20.8 Å². The average molecular weight is 245 g/mol. The first-order chi connectivity index (χ1) is 8.68. The molecule has 18 heavy (non-hydrogen) atoms. The third-order valence-corrected chi connectivity index (χ3v) is 2.42. The Bertz CT molecular complexity index is 521. The van der Waals surface area contributed by atoms with E-state index in [0.29, 0.717) is 23.7 Å². The third-order valence-electron chi connectivity index (χ3n) is 2.42. The topological polar surface area (TPSA) is 72.7 Å². The van der Waals surface area contributed by atoms with Crippen LogP contribution in [-0.2, 0) is 0 Å². The average Bonchev–Trinajstić information content (AvgIpc) is 2.89. The summed E-state index contributed by atoms with van der Waals surface area (Å²) in [7, 11) is 0. The number of nitrogens with one attached hydrogen (secondary N) is 1. The first-order valence-corrected chi connectivity index (χ1v) is 5.79. The maximum atomic E-state index is 12.1. The summed E-state index contributed by atoms with van der Waals surface area (Å²) in [5.74, 6) is 0.295. The quantitative estimate of drug-likeness (QED) is 0.873. The molecule has 0 fully saturated rings. The van der Waals surface area contributed by atoms with Crippen molar-refractivity contribution in [3.05, 3.63) is 36.2 Å². The number of benzene rings is 1. The van der Waals surface area contributed by atoms with Crippen LogP contribution in [0, 0.1) is 5.92 Å². The van der Waals surface area contributed by atoms with E-state index in [0.717, 1.165) is 0 Å². The Morgan fingerprint density at radius 3 is 2.83 bits per heavy atom. The molecule has 0 saturated heterocycles. The van der Waals surface area contributed by atoms with Crippen molar-refractivity contribution in [1.29, 1.82) is 0 Å². The fraction of sp³-hybridized carbons (Fsp3) is 0.333. The van der Waals surface area contributed by atoms with E-state index in [-0.39, 0.29) is 5.91 Å². The Morgan fingerprint density at radius 2 is 2.17 bits per heavy atom. The minimum Gasteiger partial charge on any atom is -0.352 e. The molecule has 0 saturated carbocycles. The van der Waals surface area contributed by atoms with Crippen LogP contribution in [0.2, 0.25) is 0 Å². The van der Waals surface area contributed by atoms with Gasteiger partial charge in [0.05, 0.1) is 11.3 Å². The van der Waals surface area contributed by atoms with Crippen molar-refractivity contribution in [3.63, 3.8) is 0 Å². The van der Waals surface area contributed by atoms with Crippen LogP contribution in [-0.4, -0.2) is 32.7 Å². The second kappa shape index (κ2) is 5.39. The van der Waals surface area contributed by atoms with Gasteiger partial charge in [0.1, 0.15) is 6.33 Å². The predicted octanol–water partition coefficient (Wildman–Crippen LogP) is 1.05. The molecular weight excluding hydrogens is 230 g/mol. The molecule has 0 bridgehead atoms. The lowest BCUT2D eigenvalue weighted by Gasteiger charge is -2.10. The molecule has 0 aliphatic carbocycles. The van der Waals surface area contributed by atoms with E-state index in [1.54, 1.807) is 12.1 Å². The largest absolute Gasteiger partial charge is 0.352 e. The molecule has 1 heterocycles. The van der Waals surface area contributed by atoms with Crippen LogP contribution < -0.4 is 5.32 Å².